The SMILES string of the molecule is COCCCCCC(O)(c1ccccc1Oc1ccccc1C)C1CCCN(C(=O)C2CC(N)C(O)C2)C1. The Bertz CT molecular complexity index is 1050. The number of aliphatic hydroxyl groups is 2. The van der Waals surface area contributed by atoms with Crippen LogP contribution in [0.4, 0.5) is 0 Å². The molecule has 2 aromatic rings. The molecule has 2 aliphatic rings. The number of carbonyl (C=O) groups excluding carboxylic acids is 1. The first-order valence-corrected chi connectivity index (χ1v) is 14.1. The Morgan fingerprint density at radius 2 is 1.82 bits per heavy atom. The Labute approximate surface area is 226 Å². The summed E-state index contributed by atoms with van der Waals surface area (Å²) in [5, 5.41) is 22.6. The summed E-state index contributed by atoms with van der Waals surface area (Å²) in [6.07, 6.45) is 5.25. The van der Waals surface area contributed by atoms with E-state index in [-0.39, 0.29) is 23.8 Å². The van der Waals surface area contributed by atoms with Crippen LogP contribution in [-0.2, 0) is 15.1 Å². The van der Waals surface area contributed by atoms with Crippen molar-refractivity contribution in [1.82, 2.24) is 4.90 Å². The maximum atomic E-state index is 13.4. The van der Waals surface area contributed by atoms with E-state index in [4.69, 9.17) is 15.2 Å². The molecule has 1 saturated heterocycles. The van der Waals surface area contributed by atoms with Crippen LogP contribution in [0.3, 0.4) is 0 Å². The van der Waals surface area contributed by atoms with Crippen molar-refractivity contribution >= 4 is 5.91 Å². The van der Waals surface area contributed by atoms with Gasteiger partial charge in [-0.1, -0.05) is 49.2 Å². The number of rotatable bonds is 11. The minimum atomic E-state index is -1.16. The summed E-state index contributed by atoms with van der Waals surface area (Å²) in [4.78, 5) is 15.3. The van der Waals surface area contributed by atoms with Crippen LogP contribution >= 0.6 is 0 Å². The van der Waals surface area contributed by atoms with Gasteiger partial charge in [-0.25, -0.2) is 0 Å². The molecule has 38 heavy (non-hydrogen) atoms. The Hall–Kier alpha value is -2.45. The molecule has 1 aliphatic carbocycles. The van der Waals surface area contributed by atoms with Gasteiger partial charge in [0.15, 0.2) is 0 Å². The zero-order chi connectivity index (χ0) is 27.1. The zero-order valence-corrected chi connectivity index (χ0v) is 22.9. The van der Waals surface area contributed by atoms with E-state index in [1.165, 1.54) is 0 Å². The lowest BCUT2D eigenvalue weighted by atomic mass is 9.73. The second-order valence-electron chi connectivity index (χ2n) is 11.1. The van der Waals surface area contributed by atoms with Crippen molar-refractivity contribution in [3.05, 3.63) is 59.7 Å². The van der Waals surface area contributed by atoms with Crippen LogP contribution in [0, 0.1) is 18.8 Å². The topological polar surface area (TPSA) is 105 Å². The third-order valence-electron chi connectivity index (χ3n) is 8.41. The van der Waals surface area contributed by atoms with Crippen molar-refractivity contribution < 1.29 is 24.5 Å². The lowest BCUT2D eigenvalue weighted by molar-refractivity contribution is -0.141. The fraction of sp³-hybridized carbons (Fsp3) is 0.581. The van der Waals surface area contributed by atoms with E-state index >= 15 is 0 Å². The van der Waals surface area contributed by atoms with E-state index in [1.54, 1.807) is 7.11 Å². The minimum Gasteiger partial charge on any atom is -0.457 e. The van der Waals surface area contributed by atoms with Gasteiger partial charge in [0, 0.05) is 50.2 Å². The van der Waals surface area contributed by atoms with Gasteiger partial charge in [0.05, 0.1) is 11.7 Å². The molecule has 4 rings (SSSR count). The summed E-state index contributed by atoms with van der Waals surface area (Å²) in [5.74, 6) is 1.07. The molecule has 7 heteroatoms. The normalized spacial score (nSPS) is 25.2. The summed E-state index contributed by atoms with van der Waals surface area (Å²) in [6, 6.07) is 15.3. The molecule has 1 aliphatic heterocycles. The Morgan fingerprint density at radius 1 is 1.08 bits per heavy atom. The first kappa shape index (κ1) is 28.6. The number of carbonyl (C=O) groups is 1. The molecule has 2 aromatic carbocycles. The second-order valence-corrected chi connectivity index (χ2v) is 11.1. The van der Waals surface area contributed by atoms with E-state index < -0.39 is 11.7 Å². The van der Waals surface area contributed by atoms with Crippen molar-refractivity contribution in [1.29, 1.82) is 0 Å². The number of hydrogen-bond donors (Lipinski definition) is 3. The number of benzene rings is 2. The highest BCUT2D eigenvalue weighted by molar-refractivity contribution is 5.79. The molecule has 1 heterocycles. The maximum absolute atomic E-state index is 13.4. The first-order valence-electron chi connectivity index (χ1n) is 14.1. The second kappa shape index (κ2) is 13.1. The quantitative estimate of drug-likeness (QED) is 0.374. The number of methoxy groups -OCH3 is 1. The van der Waals surface area contributed by atoms with Gasteiger partial charge in [-0.15, -0.1) is 0 Å². The average molecular weight is 525 g/mol. The summed E-state index contributed by atoms with van der Waals surface area (Å²) in [6.45, 7) is 3.86. The molecular weight excluding hydrogens is 480 g/mol. The van der Waals surface area contributed by atoms with E-state index in [9.17, 15) is 15.0 Å². The van der Waals surface area contributed by atoms with Gasteiger partial charge in [0.1, 0.15) is 11.5 Å². The van der Waals surface area contributed by atoms with Crippen LogP contribution < -0.4 is 10.5 Å². The standard InChI is InChI=1S/C31H44N2O5/c1-22-11-4-6-14-28(22)38-29-15-7-5-13-25(29)31(36,16-8-3-9-18-37-2)24-12-10-17-33(21-24)30(35)23-19-26(32)27(34)20-23/h4-7,11,13-15,23-24,26-27,34,36H,3,8-10,12,16-21,32H2,1-2H3. The third kappa shape index (κ3) is 6.57. The zero-order valence-electron chi connectivity index (χ0n) is 22.9. The molecule has 208 valence electrons. The van der Waals surface area contributed by atoms with E-state index in [1.807, 2.05) is 60.4 Å². The van der Waals surface area contributed by atoms with E-state index in [0.29, 0.717) is 44.7 Å². The molecule has 0 radical (unpaired) electrons. The average Bonchev–Trinajstić information content (AvgIpc) is 3.27. The predicted molar refractivity (Wildman–Crippen MR) is 148 cm³/mol. The molecule has 5 unspecified atom stereocenters. The van der Waals surface area contributed by atoms with E-state index in [0.717, 1.165) is 49.0 Å². The molecule has 1 amide bonds. The lowest BCUT2D eigenvalue weighted by Gasteiger charge is -2.44. The smallest absolute Gasteiger partial charge is 0.225 e. The van der Waals surface area contributed by atoms with Gasteiger partial charge in [0.2, 0.25) is 5.91 Å². The highest BCUT2D eigenvalue weighted by Gasteiger charge is 2.44. The van der Waals surface area contributed by atoms with E-state index in [2.05, 4.69) is 0 Å². The molecule has 2 fully saturated rings. The number of unbranched alkanes of at least 4 members (excludes halogenated alkanes) is 2. The molecule has 4 N–H and O–H groups in total. The highest BCUT2D eigenvalue weighted by atomic mass is 16.5. The van der Waals surface area contributed by atoms with Crippen LogP contribution in [0.25, 0.3) is 0 Å². The maximum Gasteiger partial charge on any atom is 0.225 e. The predicted octanol–water partition coefficient (Wildman–Crippen LogP) is 4.52. The van der Waals surface area contributed by atoms with Crippen LogP contribution in [0.15, 0.2) is 48.5 Å². The van der Waals surface area contributed by atoms with Crippen molar-refractivity contribution in [3.63, 3.8) is 0 Å². The summed E-state index contributed by atoms with van der Waals surface area (Å²) in [5.41, 5.74) is 6.64. The monoisotopic (exact) mass is 524 g/mol. The number of aryl methyl sites for hydroxylation is 1. The molecular formula is C31H44N2O5. The van der Waals surface area contributed by atoms with Crippen LogP contribution in [0.2, 0.25) is 0 Å². The van der Waals surface area contributed by atoms with Crippen molar-refractivity contribution in [2.75, 3.05) is 26.8 Å². The number of hydrogen-bond acceptors (Lipinski definition) is 6. The largest absolute Gasteiger partial charge is 0.457 e. The molecule has 0 aromatic heterocycles. The molecule has 1 saturated carbocycles. The Balaban J connectivity index is 1.60. The van der Waals surface area contributed by atoms with Crippen molar-refractivity contribution in [2.45, 2.75) is 76.0 Å². The lowest BCUT2D eigenvalue weighted by Crippen LogP contribution is -2.49. The number of amides is 1. The summed E-state index contributed by atoms with van der Waals surface area (Å²) in [7, 11) is 1.71. The number of para-hydroxylation sites is 2. The number of piperidine rings is 1. The van der Waals surface area contributed by atoms with Crippen molar-refractivity contribution in [3.8, 4) is 11.5 Å². The summed E-state index contributed by atoms with van der Waals surface area (Å²) >= 11 is 0. The van der Waals surface area contributed by atoms with Crippen LogP contribution in [0.1, 0.15) is 62.5 Å². The molecule has 5 atom stereocenters. The van der Waals surface area contributed by atoms with Crippen LogP contribution in [-0.4, -0.2) is 60.0 Å². The fourth-order valence-electron chi connectivity index (χ4n) is 6.15. The van der Waals surface area contributed by atoms with Gasteiger partial charge in [-0.3, -0.25) is 4.79 Å². The van der Waals surface area contributed by atoms with Gasteiger partial charge >= 0.3 is 0 Å². The minimum absolute atomic E-state index is 0.0496. The third-order valence-corrected chi connectivity index (χ3v) is 8.41. The van der Waals surface area contributed by atoms with Gasteiger partial charge in [0.25, 0.3) is 0 Å². The summed E-state index contributed by atoms with van der Waals surface area (Å²) < 4.78 is 11.6. The number of aliphatic hydroxyl groups excluding tert-OH is 1. The molecule has 0 spiro atoms. The van der Waals surface area contributed by atoms with Crippen molar-refractivity contribution in [2.24, 2.45) is 17.6 Å². The number of ether oxygens (including phenoxy) is 2. The van der Waals surface area contributed by atoms with Gasteiger partial charge in [-0.2, -0.15) is 0 Å². The molecule has 7 nitrogen and oxygen atoms in total. The highest BCUT2D eigenvalue weighted by Crippen LogP contribution is 2.45. The fourth-order valence-corrected chi connectivity index (χ4v) is 6.15. The Morgan fingerprint density at radius 3 is 2.53 bits per heavy atom. The van der Waals surface area contributed by atoms with Crippen LogP contribution in [0.5, 0.6) is 11.5 Å². The number of nitrogens with zero attached hydrogens (tertiary/aromatic N) is 1. The number of likely N-dealkylation sites (tertiary alicyclic amines) is 1. The Kier molecular flexibility index (Phi) is 9.82. The molecule has 0 bridgehead atoms. The first-order chi connectivity index (χ1) is 18.3. The number of nitrogens with two attached hydrogens (primary N) is 1. The van der Waals surface area contributed by atoms with Gasteiger partial charge in [-0.05, 0) is 63.1 Å². The van der Waals surface area contributed by atoms with Gasteiger partial charge < -0.3 is 30.3 Å².